The fraction of sp³-hybridized carbons (Fsp3) is 0.737. The summed E-state index contributed by atoms with van der Waals surface area (Å²) in [6.45, 7) is 4.78. The van der Waals surface area contributed by atoms with E-state index in [-0.39, 0.29) is 5.54 Å². The fourth-order valence-corrected chi connectivity index (χ4v) is 4.03. The van der Waals surface area contributed by atoms with Gasteiger partial charge in [-0.05, 0) is 52.6 Å². The molecule has 25 heavy (non-hydrogen) atoms. The van der Waals surface area contributed by atoms with E-state index in [1.54, 1.807) is 6.20 Å². The molecule has 2 saturated heterocycles. The second-order valence-electron chi connectivity index (χ2n) is 7.92. The van der Waals surface area contributed by atoms with E-state index < -0.39 is 0 Å². The minimum atomic E-state index is -0.324. The van der Waals surface area contributed by atoms with Crippen LogP contribution in [0.25, 0.3) is 0 Å². The number of likely N-dealkylation sites (tertiary alicyclic amines) is 2. The average Bonchev–Trinajstić information content (AvgIpc) is 2.64. The van der Waals surface area contributed by atoms with Gasteiger partial charge in [0.25, 0.3) is 0 Å². The van der Waals surface area contributed by atoms with Gasteiger partial charge in [0, 0.05) is 39.3 Å². The molecule has 3 heterocycles. The van der Waals surface area contributed by atoms with Gasteiger partial charge in [0.1, 0.15) is 5.82 Å². The lowest BCUT2D eigenvalue weighted by atomic mass is 9.86. The maximum atomic E-state index is 13.1. The van der Waals surface area contributed by atoms with Crippen molar-refractivity contribution in [3.05, 3.63) is 18.1 Å². The zero-order chi connectivity index (χ0) is 18.0. The number of carbonyl (C=O) groups is 1. The summed E-state index contributed by atoms with van der Waals surface area (Å²) in [5.41, 5.74) is 0.731. The summed E-state index contributed by atoms with van der Waals surface area (Å²) in [6, 6.07) is 0. The summed E-state index contributed by atoms with van der Waals surface area (Å²) in [5.74, 6) is 1.60. The Morgan fingerprint density at radius 1 is 1.20 bits per heavy atom. The van der Waals surface area contributed by atoms with Crippen molar-refractivity contribution in [2.45, 2.75) is 50.5 Å². The first-order valence-corrected chi connectivity index (χ1v) is 9.41. The van der Waals surface area contributed by atoms with Crippen LogP contribution >= 0.6 is 0 Å². The lowest BCUT2D eigenvalue weighted by Gasteiger charge is -2.45. The van der Waals surface area contributed by atoms with Crippen molar-refractivity contribution in [2.75, 3.05) is 45.7 Å². The van der Waals surface area contributed by atoms with Gasteiger partial charge in [0.15, 0.2) is 0 Å². The van der Waals surface area contributed by atoms with Crippen LogP contribution in [0.2, 0.25) is 0 Å². The van der Waals surface area contributed by atoms with Crippen molar-refractivity contribution in [1.29, 1.82) is 0 Å². The van der Waals surface area contributed by atoms with Crippen LogP contribution in [0.3, 0.4) is 0 Å². The SMILES string of the molecule is CN(C)c1cncc(C2CCN(C(=O)[C@@]3(C)CCCCN3C)CC2)n1. The molecular weight excluding hydrogens is 314 g/mol. The highest BCUT2D eigenvalue weighted by Crippen LogP contribution is 2.32. The molecule has 2 fully saturated rings. The highest BCUT2D eigenvalue weighted by molar-refractivity contribution is 5.86. The molecular formula is C19H31N5O. The van der Waals surface area contributed by atoms with Crippen LogP contribution in [0.5, 0.6) is 0 Å². The Balaban J connectivity index is 1.64. The number of carbonyl (C=O) groups excluding carboxylic acids is 1. The maximum absolute atomic E-state index is 13.1. The zero-order valence-corrected chi connectivity index (χ0v) is 16.0. The number of rotatable bonds is 3. The van der Waals surface area contributed by atoms with Crippen molar-refractivity contribution in [2.24, 2.45) is 0 Å². The van der Waals surface area contributed by atoms with Gasteiger partial charge in [0.2, 0.25) is 5.91 Å². The smallest absolute Gasteiger partial charge is 0.242 e. The molecule has 1 amide bonds. The Labute approximate surface area is 151 Å². The van der Waals surface area contributed by atoms with Crippen LogP contribution in [0.4, 0.5) is 5.82 Å². The van der Waals surface area contributed by atoms with Gasteiger partial charge >= 0.3 is 0 Å². The minimum absolute atomic E-state index is 0.307. The summed E-state index contributed by atoms with van der Waals surface area (Å²) in [4.78, 5) is 28.5. The molecule has 2 aliphatic heterocycles. The van der Waals surface area contributed by atoms with E-state index in [1.165, 1.54) is 6.42 Å². The third kappa shape index (κ3) is 3.64. The van der Waals surface area contributed by atoms with Gasteiger partial charge in [0.05, 0.1) is 17.4 Å². The summed E-state index contributed by atoms with van der Waals surface area (Å²) in [6.07, 6.45) is 8.93. The molecule has 0 unspecified atom stereocenters. The Bertz CT molecular complexity index is 612. The van der Waals surface area contributed by atoms with Crippen molar-refractivity contribution in [1.82, 2.24) is 19.8 Å². The Hall–Kier alpha value is -1.69. The van der Waals surface area contributed by atoms with Crippen molar-refractivity contribution in [3.8, 4) is 0 Å². The first kappa shape index (κ1) is 18.1. The molecule has 1 atom stereocenters. The average molecular weight is 345 g/mol. The molecule has 3 rings (SSSR count). The first-order chi connectivity index (χ1) is 11.9. The van der Waals surface area contributed by atoms with Crippen molar-refractivity contribution in [3.63, 3.8) is 0 Å². The molecule has 1 aromatic rings. The molecule has 6 nitrogen and oxygen atoms in total. The molecule has 6 heteroatoms. The van der Waals surface area contributed by atoms with E-state index in [0.29, 0.717) is 11.8 Å². The normalized spacial score (nSPS) is 25.8. The minimum Gasteiger partial charge on any atom is -0.361 e. The predicted molar refractivity (Wildman–Crippen MR) is 99.8 cm³/mol. The number of hydrogen-bond donors (Lipinski definition) is 0. The van der Waals surface area contributed by atoms with Crippen LogP contribution in [0.1, 0.15) is 50.6 Å². The van der Waals surface area contributed by atoms with E-state index in [9.17, 15) is 4.79 Å². The van der Waals surface area contributed by atoms with Gasteiger partial charge in [-0.15, -0.1) is 0 Å². The highest BCUT2D eigenvalue weighted by Gasteiger charge is 2.42. The van der Waals surface area contributed by atoms with Crippen LogP contribution < -0.4 is 4.90 Å². The van der Waals surface area contributed by atoms with Gasteiger partial charge in [-0.1, -0.05) is 0 Å². The van der Waals surface area contributed by atoms with Crippen LogP contribution in [-0.4, -0.2) is 72.0 Å². The molecule has 1 aromatic heterocycles. The fourth-order valence-electron chi connectivity index (χ4n) is 4.03. The number of nitrogens with zero attached hydrogens (tertiary/aromatic N) is 5. The standard InChI is InChI=1S/C19H31N5O/c1-19(9-5-6-10-23(19)4)18(25)24-11-7-15(8-12-24)16-13-20-14-17(21-16)22(2)3/h13-15H,5-12H2,1-4H3/t19-/m1/s1. The Kier molecular flexibility index (Phi) is 5.27. The Morgan fingerprint density at radius 2 is 1.92 bits per heavy atom. The molecule has 0 aromatic carbocycles. The molecule has 0 saturated carbocycles. The summed E-state index contributed by atoms with van der Waals surface area (Å²) in [5, 5.41) is 0. The van der Waals surface area contributed by atoms with Gasteiger partial charge in [-0.2, -0.15) is 0 Å². The molecule has 0 radical (unpaired) electrons. The van der Waals surface area contributed by atoms with Crippen molar-refractivity contribution >= 4 is 11.7 Å². The lowest BCUT2D eigenvalue weighted by molar-refractivity contribution is -0.146. The van der Waals surface area contributed by atoms with E-state index in [2.05, 4.69) is 28.8 Å². The molecule has 0 aliphatic carbocycles. The number of aromatic nitrogens is 2. The highest BCUT2D eigenvalue weighted by atomic mass is 16.2. The zero-order valence-electron chi connectivity index (χ0n) is 16.0. The molecule has 2 aliphatic rings. The molecule has 138 valence electrons. The van der Waals surface area contributed by atoms with E-state index in [1.807, 2.05) is 25.2 Å². The van der Waals surface area contributed by atoms with Crippen LogP contribution in [0, 0.1) is 0 Å². The topological polar surface area (TPSA) is 52.6 Å². The summed E-state index contributed by atoms with van der Waals surface area (Å²) in [7, 11) is 6.05. The van der Waals surface area contributed by atoms with Crippen LogP contribution in [-0.2, 0) is 4.79 Å². The maximum Gasteiger partial charge on any atom is 0.242 e. The number of piperidine rings is 2. The van der Waals surface area contributed by atoms with E-state index in [0.717, 1.165) is 56.8 Å². The summed E-state index contributed by atoms with van der Waals surface area (Å²) < 4.78 is 0. The molecule has 0 spiro atoms. The number of anilines is 1. The first-order valence-electron chi connectivity index (χ1n) is 9.41. The summed E-state index contributed by atoms with van der Waals surface area (Å²) >= 11 is 0. The second-order valence-corrected chi connectivity index (χ2v) is 7.92. The Morgan fingerprint density at radius 3 is 2.56 bits per heavy atom. The van der Waals surface area contributed by atoms with E-state index >= 15 is 0 Å². The molecule has 0 bridgehead atoms. The largest absolute Gasteiger partial charge is 0.361 e. The molecule has 0 N–H and O–H groups in total. The van der Waals surface area contributed by atoms with Crippen molar-refractivity contribution < 1.29 is 4.79 Å². The third-order valence-corrected chi connectivity index (χ3v) is 6.01. The predicted octanol–water partition coefficient (Wildman–Crippen LogP) is 2.12. The second kappa shape index (κ2) is 7.28. The van der Waals surface area contributed by atoms with E-state index in [4.69, 9.17) is 4.98 Å². The number of likely N-dealkylation sites (N-methyl/N-ethyl adjacent to an activating group) is 1. The quantitative estimate of drug-likeness (QED) is 0.840. The van der Waals surface area contributed by atoms with Crippen LogP contribution in [0.15, 0.2) is 12.4 Å². The van der Waals surface area contributed by atoms with Gasteiger partial charge < -0.3 is 9.80 Å². The monoisotopic (exact) mass is 345 g/mol. The number of hydrogen-bond acceptors (Lipinski definition) is 5. The third-order valence-electron chi connectivity index (χ3n) is 6.01. The van der Waals surface area contributed by atoms with Gasteiger partial charge in [-0.25, -0.2) is 4.98 Å². The lowest BCUT2D eigenvalue weighted by Crippen LogP contribution is -2.59. The number of amides is 1. The van der Waals surface area contributed by atoms with Gasteiger partial charge in [-0.3, -0.25) is 14.7 Å².